The van der Waals surface area contributed by atoms with Gasteiger partial charge >= 0.3 is 5.97 Å². The van der Waals surface area contributed by atoms with Crippen molar-refractivity contribution in [2.75, 3.05) is 0 Å². The highest BCUT2D eigenvalue weighted by atomic mass is 16.4. The average molecular weight is 190 g/mol. The van der Waals surface area contributed by atoms with E-state index in [1.807, 2.05) is 12.1 Å². The van der Waals surface area contributed by atoms with Crippen LogP contribution in [-0.4, -0.2) is 16.9 Å². The molecule has 3 nitrogen and oxygen atoms in total. The van der Waals surface area contributed by atoms with E-state index in [1.165, 1.54) is 0 Å². The van der Waals surface area contributed by atoms with Crippen molar-refractivity contribution in [1.29, 1.82) is 0 Å². The maximum atomic E-state index is 11.1. The molecule has 0 unspecified atom stereocenters. The van der Waals surface area contributed by atoms with E-state index < -0.39 is 5.97 Å². The van der Waals surface area contributed by atoms with Gasteiger partial charge in [0, 0.05) is 12.8 Å². The Morgan fingerprint density at radius 2 is 2.00 bits per heavy atom. The third-order valence-electron chi connectivity index (χ3n) is 2.40. The molecule has 0 saturated carbocycles. The molecule has 0 fully saturated rings. The van der Waals surface area contributed by atoms with Crippen molar-refractivity contribution in [2.45, 2.75) is 19.3 Å². The van der Waals surface area contributed by atoms with Gasteiger partial charge in [0.05, 0.1) is 6.42 Å². The van der Waals surface area contributed by atoms with E-state index in [9.17, 15) is 9.59 Å². The van der Waals surface area contributed by atoms with Crippen LogP contribution >= 0.6 is 0 Å². The summed E-state index contributed by atoms with van der Waals surface area (Å²) in [5.74, 6) is -0.623. The van der Waals surface area contributed by atoms with Gasteiger partial charge < -0.3 is 5.11 Å². The van der Waals surface area contributed by atoms with Gasteiger partial charge in [0.1, 0.15) is 5.78 Å². The summed E-state index contributed by atoms with van der Waals surface area (Å²) in [5, 5.41) is 8.60. The Balaban J connectivity index is 2.28. The van der Waals surface area contributed by atoms with Crippen LogP contribution in [0, 0.1) is 0 Å². The zero-order chi connectivity index (χ0) is 10.1. The molecule has 0 atom stereocenters. The highest BCUT2D eigenvalue weighted by Crippen LogP contribution is 2.20. The van der Waals surface area contributed by atoms with Crippen molar-refractivity contribution in [1.82, 2.24) is 0 Å². The third kappa shape index (κ3) is 1.66. The molecule has 0 aromatic heterocycles. The van der Waals surface area contributed by atoms with Crippen LogP contribution in [0.25, 0.3) is 0 Å². The summed E-state index contributed by atoms with van der Waals surface area (Å²) in [6, 6.07) is 5.47. The SMILES string of the molecule is O=C(O)Cc1ccc2c(c1)CC(=O)C2. The number of benzene rings is 1. The summed E-state index contributed by atoms with van der Waals surface area (Å²) in [6.45, 7) is 0. The number of fused-ring (bicyclic) bond motifs is 1. The summed E-state index contributed by atoms with van der Waals surface area (Å²) in [6.07, 6.45) is 0.993. The smallest absolute Gasteiger partial charge is 0.307 e. The molecule has 1 aromatic carbocycles. The van der Waals surface area contributed by atoms with Crippen LogP contribution < -0.4 is 0 Å². The zero-order valence-electron chi connectivity index (χ0n) is 7.62. The molecule has 0 aliphatic heterocycles. The highest BCUT2D eigenvalue weighted by molar-refractivity contribution is 5.88. The molecular weight excluding hydrogens is 180 g/mol. The van der Waals surface area contributed by atoms with E-state index in [4.69, 9.17) is 5.11 Å². The molecule has 1 aliphatic rings. The van der Waals surface area contributed by atoms with Crippen LogP contribution in [0.15, 0.2) is 18.2 Å². The Morgan fingerprint density at radius 3 is 2.71 bits per heavy atom. The Morgan fingerprint density at radius 1 is 1.29 bits per heavy atom. The fourth-order valence-electron chi connectivity index (χ4n) is 1.79. The van der Waals surface area contributed by atoms with Gasteiger partial charge in [0.15, 0.2) is 0 Å². The maximum absolute atomic E-state index is 11.1. The van der Waals surface area contributed by atoms with Crippen molar-refractivity contribution in [3.8, 4) is 0 Å². The van der Waals surface area contributed by atoms with Crippen molar-refractivity contribution < 1.29 is 14.7 Å². The lowest BCUT2D eigenvalue weighted by molar-refractivity contribution is -0.136. The van der Waals surface area contributed by atoms with Crippen molar-refractivity contribution in [2.24, 2.45) is 0 Å². The first-order valence-corrected chi connectivity index (χ1v) is 4.49. The lowest BCUT2D eigenvalue weighted by atomic mass is 10.0. The molecule has 0 saturated heterocycles. The van der Waals surface area contributed by atoms with Gasteiger partial charge in [-0.2, -0.15) is 0 Å². The number of carboxylic acid groups (broad SMARTS) is 1. The second kappa shape index (κ2) is 3.25. The standard InChI is InChI=1S/C11H10O3/c12-10-5-8-2-1-7(4-11(13)14)3-9(8)6-10/h1-3H,4-6H2,(H,13,14). The predicted molar refractivity (Wildman–Crippen MR) is 50.2 cm³/mol. The molecule has 1 aliphatic carbocycles. The zero-order valence-corrected chi connectivity index (χ0v) is 7.62. The highest BCUT2D eigenvalue weighted by Gasteiger charge is 2.18. The normalized spacial score (nSPS) is 14.1. The molecule has 1 aromatic rings. The van der Waals surface area contributed by atoms with E-state index in [-0.39, 0.29) is 12.2 Å². The molecule has 2 rings (SSSR count). The van der Waals surface area contributed by atoms with Gasteiger partial charge in [-0.3, -0.25) is 9.59 Å². The molecule has 72 valence electrons. The van der Waals surface area contributed by atoms with E-state index in [0.29, 0.717) is 12.8 Å². The van der Waals surface area contributed by atoms with Gasteiger partial charge in [0.25, 0.3) is 0 Å². The minimum absolute atomic E-state index is 0.0292. The minimum atomic E-state index is -0.839. The first kappa shape index (κ1) is 8.94. The molecule has 0 heterocycles. The topological polar surface area (TPSA) is 54.4 Å². The molecule has 0 bridgehead atoms. The number of carbonyl (C=O) groups is 2. The molecular formula is C11H10O3. The first-order chi connectivity index (χ1) is 6.65. The fourth-order valence-corrected chi connectivity index (χ4v) is 1.79. The number of aliphatic carboxylic acids is 1. The number of hydrogen-bond acceptors (Lipinski definition) is 2. The minimum Gasteiger partial charge on any atom is -0.481 e. The lowest BCUT2D eigenvalue weighted by Crippen LogP contribution is -2.00. The van der Waals surface area contributed by atoms with E-state index in [2.05, 4.69) is 0 Å². The van der Waals surface area contributed by atoms with Crippen LogP contribution in [0.5, 0.6) is 0 Å². The fraction of sp³-hybridized carbons (Fsp3) is 0.273. The van der Waals surface area contributed by atoms with Crippen LogP contribution in [-0.2, 0) is 28.9 Å². The van der Waals surface area contributed by atoms with Crippen molar-refractivity contribution in [3.63, 3.8) is 0 Å². The summed E-state index contributed by atoms with van der Waals surface area (Å²) >= 11 is 0. The largest absolute Gasteiger partial charge is 0.481 e. The third-order valence-corrected chi connectivity index (χ3v) is 2.40. The first-order valence-electron chi connectivity index (χ1n) is 4.49. The number of ketones is 1. The van der Waals surface area contributed by atoms with Gasteiger partial charge in [-0.25, -0.2) is 0 Å². The Kier molecular flexibility index (Phi) is 2.08. The van der Waals surface area contributed by atoms with Crippen molar-refractivity contribution in [3.05, 3.63) is 34.9 Å². The number of hydrogen-bond donors (Lipinski definition) is 1. The molecule has 1 N–H and O–H groups in total. The molecule has 0 amide bonds. The van der Waals surface area contributed by atoms with Crippen molar-refractivity contribution >= 4 is 11.8 Å². The van der Waals surface area contributed by atoms with Gasteiger partial charge in [-0.15, -0.1) is 0 Å². The Bertz CT molecular complexity index is 407. The average Bonchev–Trinajstić information content (AvgIpc) is 2.42. The summed E-state index contributed by atoms with van der Waals surface area (Å²) in [5.41, 5.74) is 2.81. The molecule has 0 radical (unpaired) electrons. The quantitative estimate of drug-likeness (QED) is 0.756. The predicted octanol–water partition coefficient (Wildman–Crippen LogP) is 0.981. The summed E-state index contributed by atoms with van der Waals surface area (Å²) in [7, 11) is 0. The van der Waals surface area contributed by atoms with Gasteiger partial charge in [-0.05, 0) is 16.7 Å². The number of carbonyl (C=O) groups excluding carboxylic acids is 1. The number of Topliss-reactive ketones (excluding diaryl/α,β-unsaturated/α-hetero) is 1. The van der Waals surface area contributed by atoms with Crippen LogP contribution in [0.2, 0.25) is 0 Å². The monoisotopic (exact) mass is 190 g/mol. The van der Waals surface area contributed by atoms with Crippen LogP contribution in [0.4, 0.5) is 0 Å². The maximum Gasteiger partial charge on any atom is 0.307 e. The molecule has 14 heavy (non-hydrogen) atoms. The van der Waals surface area contributed by atoms with E-state index in [1.54, 1.807) is 6.07 Å². The van der Waals surface area contributed by atoms with Gasteiger partial charge in [-0.1, -0.05) is 18.2 Å². The number of rotatable bonds is 2. The molecule has 3 heteroatoms. The second-order valence-corrected chi connectivity index (χ2v) is 3.57. The van der Waals surface area contributed by atoms with Crippen LogP contribution in [0.1, 0.15) is 16.7 Å². The summed E-state index contributed by atoms with van der Waals surface area (Å²) in [4.78, 5) is 21.6. The summed E-state index contributed by atoms with van der Waals surface area (Å²) < 4.78 is 0. The molecule has 0 spiro atoms. The lowest BCUT2D eigenvalue weighted by Gasteiger charge is -2.01. The van der Waals surface area contributed by atoms with E-state index >= 15 is 0 Å². The van der Waals surface area contributed by atoms with Crippen LogP contribution in [0.3, 0.4) is 0 Å². The Hall–Kier alpha value is -1.64. The number of carboxylic acids is 1. The Labute approximate surface area is 81.4 Å². The van der Waals surface area contributed by atoms with E-state index in [0.717, 1.165) is 16.7 Å². The van der Waals surface area contributed by atoms with Gasteiger partial charge in [0.2, 0.25) is 0 Å². The second-order valence-electron chi connectivity index (χ2n) is 3.57.